The first-order valence-corrected chi connectivity index (χ1v) is 11.3. The molecule has 0 radical (unpaired) electrons. The van der Waals surface area contributed by atoms with Gasteiger partial charge in [-0.1, -0.05) is 12.1 Å². The fraction of sp³-hybridized carbons (Fsp3) is 0.462. The molecule has 0 aliphatic heterocycles. The van der Waals surface area contributed by atoms with Crippen LogP contribution in [0.15, 0.2) is 36.4 Å². The van der Waals surface area contributed by atoms with Crippen LogP contribution in [0.4, 0.5) is 0 Å². The predicted octanol–water partition coefficient (Wildman–Crippen LogP) is 4.57. The van der Waals surface area contributed by atoms with Gasteiger partial charge in [-0.05, 0) is 86.0 Å². The number of para-hydroxylation sites is 1. The Hall–Kier alpha value is -2.86. The molecule has 0 amide bonds. The van der Waals surface area contributed by atoms with Gasteiger partial charge in [-0.3, -0.25) is 0 Å². The van der Waals surface area contributed by atoms with Crippen molar-refractivity contribution in [3.8, 4) is 11.5 Å². The lowest BCUT2D eigenvalue weighted by Crippen LogP contribution is -2.48. The van der Waals surface area contributed by atoms with Gasteiger partial charge < -0.3 is 19.7 Å². The van der Waals surface area contributed by atoms with Crippen LogP contribution in [0.5, 0.6) is 11.5 Å². The van der Waals surface area contributed by atoms with E-state index < -0.39 is 18.5 Å². The highest BCUT2D eigenvalue weighted by Gasteiger charge is 2.52. The van der Waals surface area contributed by atoms with Crippen molar-refractivity contribution in [1.29, 1.82) is 0 Å². The number of carbonyl (C=O) groups is 2. The van der Waals surface area contributed by atoms with E-state index in [0.717, 1.165) is 48.3 Å². The second-order valence-corrected chi connectivity index (χ2v) is 9.76. The highest BCUT2D eigenvalue weighted by atomic mass is 16.5. The number of rotatable bonds is 6. The Balaban J connectivity index is 1.50. The van der Waals surface area contributed by atoms with Crippen molar-refractivity contribution in [1.82, 2.24) is 0 Å². The summed E-state index contributed by atoms with van der Waals surface area (Å²) in [7, 11) is 1.66. The van der Waals surface area contributed by atoms with Crippen molar-refractivity contribution < 1.29 is 29.3 Å². The standard InChI is InChI=1S/C26H28O6/c1-31-22-6-5-18(25(30)32-23-19(14-27)3-2-4-20(23)24(28)29)10-21(22)26-11-15-7-16(12-26)9-17(8-15)13-26/h2-6,10,15-17,27H,7-9,11-14H2,1H3,(H,28,29). The van der Waals surface area contributed by atoms with Gasteiger partial charge in [0, 0.05) is 11.1 Å². The monoisotopic (exact) mass is 436 g/mol. The van der Waals surface area contributed by atoms with E-state index in [-0.39, 0.29) is 22.3 Å². The maximum absolute atomic E-state index is 13.1. The molecule has 0 atom stereocenters. The summed E-state index contributed by atoms with van der Waals surface area (Å²) in [6.07, 6.45) is 7.34. The van der Waals surface area contributed by atoms with Crippen LogP contribution >= 0.6 is 0 Å². The smallest absolute Gasteiger partial charge is 0.343 e. The van der Waals surface area contributed by atoms with Crippen molar-refractivity contribution in [2.24, 2.45) is 17.8 Å². The molecule has 168 valence electrons. The SMILES string of the molecule is COc1ccc(C(=O)Oc2c(CO)cccc2C(=O)O)cc1C12CC3CC(CC(C3)C1)C2. The van der Waals surface area contributed by atoms with Crippen LogP contribution in [0.1, 0.15) is 70.4 Å². The molecule has 2 aromatic carbocycles. The van der Waals surface area contributed by atoms with Crippen LogP contribution in [-0.2, 0) is 12.0 Å². The van der Waals surface area contributed by atoms with Gasteiger partial charge in [-0.2, -0.15) is 0 Å². The largest absolute Gasteiger partial charge is 0.496 e. The minimum Gasteiger partial charge on any atom is -0.496 e. The third-order valence-electron chi connectivity index (χ3n) is 7.74. The third kappa shape index (κ3) is 3.47. The topological polar surface area (TPSA) is 93.1 Å². The van der Waals surface area contributed by atoms with Crippen molar-refractivity contribution in [3.63, 3.8) is 0 Å². The molecule has 0 heterocycles. The minimum atomic E-state index is -1.22. The number of benzene rings is 2. The number of aliphatic hydroxyl groups excluding tert-OH is 1. The van der Waals surface area contributed by atoms with E-state index in [1.165, 1.54) is 31.4 Å². The fourth-order valence-electron chi connectivity index (χ4n) is 6.84. The Kier molecular flexibility index (Phi) is 5.20. The van der Waals surface area contributed by atoms with Crippen molar-refractivity contribution >= 4 is 11.9 Å². The average molecular weight is 437 g/mol. The zero-order valence-corrected chi connectivity index (χ0v) is 18.2. The number of carbonyl (C=O) groups excluding carboxylic acids is 1. The van der Waals surface area contributed by atoms with Crippen molar-refractivity contribution in [2.75, 3.05) is 7.11 Å². The first-order chi connectivity index (χ1) is 15.4. The fourth-order valence-corrected chi connectivity index (χ4v) is 6.84. The van der Waals surface area contributed by atoms with Crippen LogP contribution in [0, 0.1) is 17.8 Å². The molecule has 4 aliphatic rings. The molecule has 2 N–H and O–H groups in total. The third-order valence-corrected chi connectivity index (χ3v) is 7.74. The molecule has 6 nitrogen and oxygen atoms in total. The molecule has 0 aromatic heterocycles. The average Bonchev–Trinajstić information content (AvgIpc) is 2.77. The number of ether oxygens (including phenoxy) is 2. The van der Waals surface area contributed by atoms with E-state index in [4.69, 9.17) is 9.47 Å². The lowest BCUT2D eigenvalue weighted by Gasteiger charge is -2.57. The number of hydrogen-bond donors (Lipinski definition) is 2. The van der Waals surface area contributed by atoms with Crippen LogP contribution in [-0.4, -0.2) is 29.3 Å². The summed E-state index contributed by atoms with van der Waals surface area (Å²) in [6.45, 7) is -0.426. The minimum absolute atomic E-state index is 0.0333. The van der Waals surface area contributed by atoms with E-state index in [0.29, 0.717) is 5.56 Å². The van der Waals surface area contributed by atoms with E-state index in [2.05, 4.69) is 0 Å². The van der Waals surface area contributed by atoms with Gasteiger partial charge >= 0.3 is 11.9 Å². The van der Waals surface area contributed by atoms with E-state index >= 15 is 0 Å². The van der Waals surface area contributed by atoms with Gasteiger partial charge in [0.1, 0.15) is 11.3 Å². The van der Waals surface area contributed by atoms with E-state index in [9.17, 15) is 19.8 Å². The van der Waals surface area contributed by atoms with Gasteiger partial charge in [-0.25, -0.2) is 9.59 Å². The van der Waals surface area contributed by atoms with Crippen LogP contribution in [0.2, 0.25) is 0 Å². The number of methoxy groups -OCH3 is 1. The second kappa shape index (κ2) is 7.93. The Bertz CT molecular complexity index is 1040. The molecule has 32 heavy (non-hydrogen) atoms. The highest BCUT2D eigenvalue weighted by molar-refractivity contribution is 5.96. The number of aliphatic hydroxyl groups is 1. The van der Waals surface area contributed by atoms with Gasteiger partial charge in [0.15, 0.2) is 5.75 Å². The summed E-state index contributed by atoms with van der Waals surface area (Å²) in [4.78, 5) is 24.7. The van der Waals surface area contributed by atoms with Gasteiger partial charge in [-0.15, -0.1) is 0 Å². The van der Waals surface area contributed by atoms with Crippen LogP contribution in [0.3, 0.4) is 0 Å². The Morgan fingerprint density at radius 1 is 1.03 bits per heavy atom. The molecular weight excluding hydrogens is 408 g/mol. The van der Waals surface area contributed by atoms with E-state index in [1.807, 2.05) is 12.1 Å². The zero-order valence-electron chi connectivity index (χ0n) is 18.2. The molecule has 4 saturated carbocycles. The Morgan fingerprint density at radius 2 is 1.69 bits per heavy atom. The summed E-state index contributed by atoms with van der Waals surface area (Å²) in [5.74, 6) is 1.07. The molecule has 6 heteroatoms. The predicted molar refractivity (Wildman–Crippen MR) is 117 cm³/mol. The zero-order chi connectivity index (χ0) is 22.5. The van der Waals surface area contributed by atoms with Crippen molar-refractivity contribution in [2.45, 2.75) is 50.5 Å². The maximum Gasteiger partial charge on any atom is 0.343 e. The number of carboxylic acids is 1. The molecule has 2 aromatic rings. The highest BCUT2D eigenvalue weighted by Crippen LogP contribution is 2.61. The number of carboxylic acid groups (broad SMARTS) is 1. The molecule has 6 rings (SSSR count). The first-order valence-electron chi connectivity index (χ1n) is 11.3. The van der Waals surface area contributed by atoms with Crippen molar-refractivity contribution in [3.05, 3.63) is 58.7 Å². The summed E-state index contributed by atoms with van der Waals surface area (Å²) >= 11 is 0. The first kappa shape index (κ1) is 21.0. The number of esters is 1. The lowest BCUT2D eigenvalue weighted by atomic mass is 9.48. The Labute approximate surface area is 187 Å². The number of aromatic carboxylic acids is 1. The molecule has 4 fully saturated rings. The summed E-state index contributed by atoms with van der Waals surface area (Å²) in [5, 5.41) is 19.1. The van der Waals surface area contributed by atoms with Crippen LogP contribution in [0.25, 0.3) is 0 Å². The molecule has 0 unspecified atom stereocenters. The molecule has 0 saturated heterocycles. The summed E-state index contributed by atoms with van der Waals surface area (Å²) < 4.78 is 11.3. The summed E-state index contributed by atoms with van der Waals surface area (Å²) in [5.41, 5.74) is 1.57. The van der Waals surface area contributed by atoms with Gasteiger partial charge in [0.2, 0.25) is 0 Å². The number of hydrogen-bond acceptors (Lipinski definition) is 5. The maximum atomic E-state index is 13.1. The van der Waals surface area contributed by atoms with E-state index in [1.54, 1.807) is 19.2 Å². The van der Waals surface area contributed by atoms with Gasteiger partial charge in [0.25, 0.3) is 0 Å². The molecular formula is C26H28O6. The summed E-state index contributed by atoms with van der Waals surface area (Å²) in [6, 6.07) is 9.79. The second-order valence-electron chi connectivity index (χ2n) is 9.76. The van der Waals surface area contributed by atoms with Gasteiger partial charge in [0.05, 0.1) is 19.3 Å². The quantitative estimate of drug-likeness (QED) is 0.509. The van der Waals surface area contributed by atoms with Crippen LogP contribution < -0.4 is 9.47 Å². The molecule has 4 aliphatic carbocycles. The lowest BCUT2D eigenvalue weighted by molar-refractivity contribution is -0.00618. The molecule has 0 spiro atoms. The normalized spacial score (nSPS) is 27.9. The molecule has 4 bridgehead atoms. The Morgan fingerprint density at radius 3 is 2.25 bits per heavy atom.